The number of urea groups is 1. The van der Waals surface area contributed by atoms with Crippen molar-refractivity contribution < 1.29 is 23.9 Å². The Morgan fingerprint density at radius 1 is 1.21 bits per heavy atom. The molecule has 0 bridgehead atoms. The Hall–Kier alpha value is -2.51. The van der Waals surface area contributed by atoms with Crippen molar-refractivity contribution in [2.24, 2.45) is 5.73 Å². The number of carbonyl (C=O) groups is 3. The minimum Gasteiger partial charge on any atom is -0.462 e. The maximum absolute atomic E-state index is 11.7. The highest BCUT2D eigenvalue weighted by Gasteiger charge is 2.19. The number of nitrogens with one attached hydrogen (secondary N) is 1. The van der Waals surface area contributed by atoms with Gasteiger partial charge in [0.25, 0.3) is 0 Å². The van der Waals surface area contributed by atoms with E-state index in [2.05, 4.69) is 5.43 Å². The Kier molecular flexibility index (Phi) is 4.92. The van der Waals surface area contributed by atoms with E-state index in [-0.39, 0.29) is 24.5 Å². The number of hydrogen-bond donors (Lipinski definition) is 2. The van der Waals surface area contributed by atoms with Crippen molar-refractivity contribution in [3.63, 3.8) is 0 Å². The molecular formula is C11H15N3O5. The average Bonchev–Trinajstić information content (AvgIpc) is 2.73. The molecule has 0 saturated heterocycles. The maximum atomic E-state index is 11.7. The summed E-state index contributed by atoms with van der Waals surface area (Å²) in [5.74, 6) is -1.30. The summed E-state index contributed by atoms with van der Waals surface area (Å²) in [4.78, 5) is 34.0. The molecule has 0 fully saturated rings. The van der Waals surface area contributed by atoms with Gasteiger partial charge in [0.2, 0.25) is 0 Å². The summed E-state index contributed by atoms with van der Waals surface area (Å²) in [7, 11) is 0. The number of amides is 2. The molecule has 1 aromatic rings. The van der Waals surface area contributed by atoms with E-state index < -0.39 is 18.0 Å². The van der Waals surface area contributed by atoms with E-state index in [4.69, 9.17) is 15.2 Å². The van der Waals surface area contributed by atoms with Gasteiger partial charge in [-0.15, -0.1) is 0 Å². The first kappa shape index (κ1) is 14.6. The standard InChI is InChI=1S/C11H15N3O5/c1-3-18-9(15)7-5-8(10(16)19-4-2)14(6-7)13-11(12)17/h5-6H,3-4H2,1-2H3,(H3,12,13,17). The van der Waals surface area contributed by atoms with Gasteiger partial charge in [-0.1, -0.05) is 0 Å². The van der Waals surface area contributed by atoms with Gasteiger partial charge in [0, 0.05) is 6.20 Å². The molecule has 1 rings (SSSR count). The van der Waals surface area contributed by atoms with Crippen LogP contribution in [-0.2, 0) is 9.47 Å². The zero-order valence-electron chi connectivity index (χ0n) is 10.6. The molecule has 0 aliphatic rings. The highest BCUT2D eigenvalue weighted by molar-refractivity contribution is 5.95. The number of aromatic nitrogens is 1. The maximum Gasteiger partial charge on any atom is 0.356 e. The molecule has 19 heavy (non-hydrogen) atoms. The fraction of sp³-hybridized carbons (Fsp3) is 0.364. The molecule has 0 radical (unpaired) electrons. The van der Waals surface area contributed by atoms with Crippen LogP contribution in [0.4, 0.5) is 4.79 Å². The lowest BCUT2D eigenvalue weighted by Gasteiger charge is -2.07. The molecule has 0 aliphatic carbocycles. The lowest BCUT2D eigenvalue weighted by atomic mass is 10.3. The summed E-state index contributed by atoms with van der Waals surface area (Å²) in [5, 5.41) is 0. The van der Waals surface area contributed by atoms with Crippen molar-refractivity contribution >= 4 is 18.0 Å². The van der Waals surface area contributed by atoms with E-state index in [0.29, 0.717) is 0 Å². The number of hydrogen-bond acceptors (Lipinski definition) is 5. The van der Waals surface area contributed by atoms with Crippen molar-refractivity contribution in [1.29, 1.82) is 0 Å². The normalized spacial score (nSPS) is 9.79. The zero-order chi connectivity index (χ0) is 14.4. The van der Waals surface area contributed by atoms with E-state index in [1.54, 1.807) is 13.8 Å². The van der Waals surface area contributed by atoms with E-state index in [1.165, 1.54) is 12.3 Å². The largest absolute Gasteiger partial charge is 0.462 e. The van der Waals surface area contributed by atoms with Gasteiger partial charge in [0.05, 0.1) is 18.8 Å². The van der Waals surface area contributed by atoms with Crippen LogP contribution in [0.25, 0.3) is 0 Å². The SMILES string of the molecule is CCOC(=O)c1cc(C(=O)OCC)n(NC(N)=O)c1. The molecule has 8 heteroatoms. The molecule has 0 unspecified atom stereocenters. The van der Waals surface area contributed by atoms with Gasteiger partial charge in [-0.05, 0) is 19.9 Å². The summed E-state index contributed by atoms with van der Waals surface area (Å²) >= 11 is 0. The predicted molar refractivity (Wildman–Crippen MR) is 65.3 cm³/mol. The minimum absolute atomic E-state index is 0.0243. The first-order valence-corrected chi connectivity index (χ1v) is 5.62. The Balaban J connectivity index is 3.08. The van der Waals surface area contributed by atoms with Crippen LogP contribution in [0.15, 0.2) is 12.3 Å². The molecule has 0 atom stereocenters. The first-order chi connectivity index (χ1) is 8.99. The van der Waals surface area contributed by atoms with Gasteiger partial charge in [-0.25, -0.2) is 19.8 Å². The van der Waals surface area contributed by atoms with Crippen molar-refractivity contribution in [2.45, 2.75) is 13.8 Å². The van der Waals surface area contributed by atoms with Gasteiger partial charge < -0.3 is 15.2 Å². The molecule has 3 N–H and O–H groups in total. The number of rotatable bonds is 5. The molecule has 1 aromatic heterocycles. The van der Waals surface area contributed by atoms with E-state index >= 15 is 0 Å². The molecule has 104 valence electrons. The van der Waals surface area contributed by atoms with Gasteiger partial charge in [0.15, 0.2) is 0 Å². The topological polar surface area (TPSA) is 113 Å². The molecule has 0 spiro atoms. The summed E-state index contributed by atoms with van der Waals surface area (Å²) in [6.07, 6.45) is 1.23. The van der Waals surface area contributed by atoms with Crippen LogP contribution in [0.2, 0.25) is 0 Å². The van der Waals surface area contributed by atoms with Crippen molar-refractivity contribution in [3.8, 4) is 0 Å². The van der Waals surface area contributed by atoms with E-state index in [1.807, 2.05) is 0 Å². The smallest absolute Gasteiger partial charge is 0.356 e. The van der Waals surface area contributed by atoms with Crippen molar-refractivity contribution in [1.82, 2.24) is 4.68 Å². The average molecular weight is 269 g/mol. The third-order valence-corrected chi connectivity index (χ3v) is 2.05. The third kappa shape index (κ3) is 3.73. The van der Waals surface area contributed by atoms with Crippen LogP contribution in [0.5, 0.6) is 0 Å². The Labute approximate surface area is 109 Å². The molecule has 1 heterocycles. The number of ether oxygens (including phenoxy) is 2. The summed E-state index contributed by atoms with van der Waals surface area (Å²) < 4.78 is 10.6. The lowest BCUT2D eigenvalue weighted by molar-refractivity contribution is 0.0514. The van der Waals surface area contributed by atoms with Gasteiger partial charge in [0.1, 0.15) is 5.69 Å². The van der Waals surface area contributed by atoms with E-state index in [9.17, 15) is 14.4 Å². The van der Waals surface area contributed by atoms with E-state index in [0.717, 1.165) is 4.68 Å². The number of nitrogens with two attached hydrogens (primary N) is 1. The second kappa shape index (κ2) is 6.43. The number of carbonyl (C=O) groups excluding carboxylic acids is 3. The van der Waals surface area contributed by atoms with Crippen molar-refractivity contribution in [3.05, 3.63) is 23.5 Å². The quantitative estimate of drug-likeness (QED) is 0.754. The zero-order valence-corrected chi connectivity index (χ0v) is 10.6. The monoisotopic (exact) mass is 269 g/mol. The summed E-state index contributed by atoms with van der Waals surface area (Å²) in [5.41, 5.74) is 7.23. The van der Waals surface area contributed by atoms with Gasteiger partial charge in [-0.3, -0.25) is 4.68 Å². The van der Waals surface area contributed by atoms with Crippen LogP contribution >= 0.6 is 0 Å². The molecule has 8 nitrogen and oxygen atoms in total. The van der Waals surface area contributed by atoms with Crippen LogP contribution in [0.3, 0.4) is 0 Å². The lowest BCUT2D eigenvalue weighted by Crippen LogP contribution is -2.30. The molecule has 2 amide bonds. The molecule has 0 saturated carbocycles. The summed E-state index contributed by atoms with van der Waals surface area (Å²) in [6, 6.07) is 0.378. The number of esters is 2. The summed E-state index contributed by atoms with van der Waals surface area (Å²) in [6.45, 7) is 3.65. The highest BCUT2D eigenvalue weighted by atomic mass is 16.5. The molecule has 0 aromatic carbocycles. The Bertz CT molecular complexity index is 495. The fourth-order valence-corrected chi connectivity index (χ4v) is 1.36. The van der Waals surface area contributed by atoms with Gasteiger partial charge in [-0.2, -0.15) is 0 Å². The molecular weight excluding hydrogens is 254 g/mol. The van der Waals surface area contributed by atoms with Crippen LogP contribution in [0.1, 0.15) is 34.7 Å². The highest BCUT2D eigenvalue weighted by Crippen LogP contribution is 2.10. The predicted octanol–water partition coefficient (Wildman–Crippen LogP) is 0.464. The Morgan fingerprint density at radius 3 is 2.32 bits per heavy atom. The Morgan fingerprint density at radius 2 is 1.79 bits per heavy atom. The van der Waals surface area contributed by atoms with Crippen LogP contribution in [-0.4, -0.2) is 35.9 Å². The number of primary amides is 1. The number of nitrogens with zero attached hydrogens (tertiary/aromatic N) is 1. The second-order valence-corrected chi connectivity index (χ2v) is 3.40. The second-order valence-electron chi connectivity index (χ2n) is 3.40. The van der Waals surface area contributed by atoms with Crippen LogP contribution < -0.4 is 11.2 Å². The third-order valence-electron chi connectivity index (χ3n) is 2.05. The minimum atomic E-state index is -0.878. The van der Waals surface area contributed by atoms with Crippen LogP contribution in [0, 0.1) is 0 Å². The first-order valence-electron chi connectivity index (χ1n) is 5.62. The molecule has 0 aliphatic heterocycles. The van der Waals surface area contributed by atoms with Gasteiger partial charge >= 0.3 is 18.0 Å². The van der Waals surface area contributed by atoms with Crippen molar-refractivity contribution in [2.75, 3.05) is 18.6 Å². The fourth-order valence-electron chi connectivity index (χ4n) is 1.36.